The Morgan fingerprint density at radius 2 is 2.29 bits per heavy atom. The zero-order chi connectivity index (χ0) is 16.0. The maximum atomic E-state index is 11.3. The van der Waals surface area contributed by atoms with Crippen molar-refractivity contribution in [3.8, 4) is 0 Å². The van der Waals surface area contributed by atoms with Crippen LogP contribution >= 0.6 is 0 Å². The van der Waals surface area contributed by atoms with Crippen LogP contribution in [0.25, 0.3) is 0 Å². The highest BCUT2D eigenvalue weighted by atomic mass is 16.6. The number of carbonyl (C=O) groups excluding carboxylic acids is 1. The highest BCUT2D eigenvalue weighted by Gasteiger charge is 2.22. The topological polar surface area (TPSA) is 158 Å². The van der Waals surface area contributed by atoms with Crippen LogP contribution in [0.2, 0.25) is 0 Å². The average Bonchev–Trinajstić information content (AvgIpc) is 2.42. The molecule has 1 heterocycles. The molecule has 1 unspecified atom stereocenters. The number of nitro groups is 1. The Morgan fingerprint density at radius 3 is 2.76 bits per heavy atom. The maximum Gasteiger partial charge on any atom is 0.326 e. The van der Waals surface area contributed by atoms with E-state index in [0.717, 1.165) is 12.3 Å². The van der Waals surface area contributed by atoms with Crippen LogP contribution in [-0.4, -0.2) is 46.6 Å². The van der Waals surface area contributed by atoms with Gasteiger partial charge >= 0.3 is 5.97 Å². The molecule has 1 rings (SSSR count). The number of anilines is 1. The molecular formula is C11H14N4O6. The first kappa shape index (κ1) is 16.3. The fourth-order valence-electron chi connectivity index (χ4n) is 1.51. The van der Waals surface area contributed by atoms with Gasteiger partial charge in [0.15, 0.2) is 0 Å². The van der Waals surface area contributed by atoms with E-state index >= 15 is 0 Å². The van der Waals surface area contributed by atoms with Crippen LogP contribution in [-0.2, 0) is 9.53 Å². The number of carbonyl (C=O) groups is 2. The standard InChI is InChI=1S/C11H14N4O6/c1-21-3-2-8(11(17)18)14-10-7(9(12)16)4-6(5-13-10)15(19)20/h4-5,8H,2-3H2,1H3,(H2,12,16)(H,13,14)(H,17,18). The predicted molar refractivity (Wildman–Crippen MR) is 70.9 cm³/mol. The van der Waals surface area contributed by atoms with Crippen LogP contribution in [0, 0.1) is 10.1 Å². The zero-order valence-electron chi connectivity index (χ0n) is 11.1. The van der Waals surface area contributed by atoms with Gasteiger partial charge in [-0.2, -0.15) is 0 Å². The Hall–Kier alpha value is -2.75. The quantitative estimate of drug-likeness (QED) is 0.446. The van der Waals surface area contributed by atoms with E-state index in [0.29, 0.717) is 0 Å². The zero-order valence-corrected chi connectivity index (χ0v) is 11.1. The van der Waals surface area contributed by atoms with E-state index in [1.165, 1.54) is 7.11 Å². The van der Waals surface area contributed by atoms with Crippen LogP contribution in [0.1, 0.15) is 16.8 Å². The van der Waals surface area contributed by atoms with Crippen molar-refractivity contribution in [2.24, 2.45) is 5.73 Å². The lowest BCUT2D eigenvalue weighted by atomic mass is 10.1. The Bertz CT molecular complexity index is 562. The monoisotopic (exact) mass is 298 g/mol. The lowest BCUT2D eigenvalue weighted by Crippen LogP contribution is -2.32. The highest BCUT2D eigenvalue weighted by molar-refractivity contribution is 5.98. The van der Waals surface area contributed by atoms with E-state index in [4.69, 9.17) is 15.6 Å². The van der Waals surface area contributed by atoms with E-state index in [2.05, 4.69) is 10.3 Å². The second-order valence-corrected chi connectivity index (χ2v) is 4.03. The summed E-state index contributed by atoms with van der Waals surface area (Å²) in [4.78, 5) is 36.0. The van der Waals surface area contributed by atoms with Crippen molar-refractivity contribution in [3.05, 3.63) is 27.9 Å². The van der Waals surface area contributed by atoms with Crippen molar-refractivity contribution in [1.82, 2.24) is 4.98 Å². The van der Waals surface area contributed by atoms with Gasteiger partial charge in [-0.3, -0.25) is 14.9 Å². The van der Waals surface area contributed by atoms with Crippen molar-refractivity contribution >= 4 is 23.4 Å². The number of methoxy groups -OCH3 is 1. The van der Waals surface area contributed by atoms with Gasteiger partial charge < -0.3 is 20.9 Å². The van der Waals surface area contributed by atoms with Gasteiger partial charge in [-0.1, -0.05) is 0 Å². The number of nitrogens with zero attached hydrogens (tertiary/aromatic N) is 2. The number of carboxylic acid groups (broad SMARTS) is 1. The molecule has 114 valence electrons. The molecule has 0 aliphatic rings. The Morgan fingerprint density at radius 1 is 1.62 bits per heavy atom. The summed E-state index contributed by atoms with van der Waals surface area (Å²) in [5.41, 5.74) is 4.45. The van der Waals surface area contributed by atoms with E-state index in [1.54, 1.807) is 0 Å². The number of nitrogens with two attached hydrogens (primary N) is 1. The second-order valence-electron chi connectivity index (χ2n) is 4.03. The van der Waals surface area contributed by atoms with Crippen LogP contribution < -0.4 is 11.1 Å². The summed E-state index contributed by atoms with van der Waals surface area (Å²) in [5.74, 6) is -2.26. The van der Waals surface area contributed by atoms with Gasteiger partial charge in [0.1, 0.15) is 18.1 Å². The van der Waals surface area contributed by atoms with E-state index in [-0.39, 0.29) is 24.4 Å². The molecular weight excluding hydrogens is 284 g/mol. The third kappa shape index (κ3) is 4.38. The van der Waals surface area contributed by atoms with Gasteiger partial charge in [0.2, 0.25) is 0 Å². The van der Waals surface area contributed by atoms with Crippen LogP contribution in [0.4, 0.5) is 11.5 Å². The normalized spacial score (nSPS) is 11.7. The second kappa shape index (κ2) is 7.14. The molecule has 0 aliphatic heterocycles. The molecule has 1 aromatic rings. The van der Waals surface area contributed by atoms with Gasteiger partial charge in [-0.05, 0) is 0 Å². The molecule has 0 fully saturated rings. The SMILES string of the molecule is COCCC(Nc1ncc([N+](=O)[O-])cc1C(N)=O)C(=O)O. The number of aromatic nitrogens is 1. The minimum Gasteiger partial charge on any atom is -0.480 e. The van der Waals surface area contributed by atoms with E-state index in [1.807, 2.05) is 0 Å². The first-order valence-electron chi connectivity index (χ1n) is 5.79. The first-order valence-corrected chi connectivity index (χ1v) is 5.79. The maximum absolute atomic E-state index is 11.3. The van der Waals surface area contributed by atoms with Crippen molar-refractivity contribution in [1.29, 1.82) is 0 Å². The molecule has 1 atom stereocenters. The lowest BCUT2D eigenvalue weighted by molar-refractivity contribution is -0.385. The molecule has 1 amide bonds. The summed E-state index contributed by atoms with van der Waals surface area (Å²) in [7, 11) is 1.41. The molecule has 0 saturated heterocycles. The summed E-state index contributed by atoms with van der Waals surface area (Å²) in [5, 5.41) is 22.2. The van der Waals surface area contributed by atoms with Gasteiger partial charge in [-0.15, -0.1) is 0 Å². The van der Waals surface area contributed by atoms with Gasteiger partial charge in [-0.25, -0.2) is 9.78 Å². The summed E-state index contributed by atoms with van der Waals surface area (Å²) >= 11 is 0. The number of rotatable bonds is 8. The molecule has 0 radical (unpaired) electrons. The molecule has 0 aliphatic carbocycles. The number of pyridine rings is 1. The minimum absolute atomic E-state index is 0.114. The molecule has 21 heavy (non-hydrogen) atoms. The fraction of sp³-hybridized carbons (Fsp3) is 0.364. The Kier molecular flexibility index (Phi) is 5.55. The third-order valence-corrected chi connectivity index (χ3v) is 2.57. The highest BCUT2D eigenvalue weighted by Crippen LogP contribution is 2.20. The summed E-state index contributed by atoms with van der Waals surface area (Å²) < 4.78 is 4.78. The number of primary amides is 1. The predicted octanol–water partition coefficient (Wildman–Crippen LogP) is -0.00970. The largest absolute Gasteiger partial charge is 0.480 e. The van der Waals surface area contributed by atoms with Crippen molar-refractivity contribution in [2.45, 2.75) is 12.5 Å². The summed E-state index contributed by atoms with van der Waals surface area (Å²) in [6.45, 7) is 0.169. The summed E-state index contributed by atoms with van der Waals surface area (Å²) in [6.07, 6.45) is 1.02. The van der Waals surface area contributed by atoms with Crippen LogP contribution in [0.5, 0.6) is 0 Å². The van der Waals surface area contributed by atoms with E-state index in [9.17, 15) is 19.7 Å². The number of carboxylic acids is 1. The number of hydrogen-bond donors (Lipinski definition) is 3. The number of ether oxygens (including phenoxy) is 1. The molecule has 0 aromatic carbocycles. The summed E-state index contributed by atoms with van der Waals surface area (Å²) in [6, 6.07) is -0.135. The van der Waals surface area contributed by atoms with Crippen molar-refractivity contribution in [2.75, 3.05) is 19.0 Å². The van der Waals surface area contributed by atoms with Crippen LogP contribution in [0.3, 0.4) is 0 Å². The van der Waals surface area contributed by atoms with Crippen molar-refractivity contribution < 1.29 is 24.4 Å². The molecule has 10 nitrogen and oxygen atoms in total. The fourth-order valence-corrected chi connectivity index (χ4v) is 1.51. The lowest BCUT2D eigenvalue weighted by Gasteiger charge is -2.16. The number of amides is 1. The molecule has 10 heteroatoms. The first-order chi connectivity index (χ1) is 9.86. The molecule has 1 aromatic heterocycles. The average molecular weight is 298 g/mol. The van der Waals surface area contributed by atoms with Gasteiger partial charge in [0, 0.05) is 26.2 Å². The Balaban J connectivity index is 3.07. The molecule has 0 saturated carbocycles. The van der Waals surface area contributed by atoms with Gasteiger partial charge in [0.05, 0.1) is 10.5 Å². The van der Waals surface area contributed by atoms with Gasteiger partial charge in [0.25, 0.3) is 11.6 Å². The molecule has 0 bridgehead atoms. The van der Waals surface area contributed by atoms with Crippen LogP contribution in [0.15, 0.2) is 12.3 Å². The smallest absolute Gasteiger partial charge is 0.326 e. The molecule has 0 spiro atoms. The Labute approximate surface area is 119 Å². The number of nitrogens with one attached hydrogen (secondary N) is 1. The molecule has 4 N–H and O–H groups in total. The minimum atomic E-state index is -1.18. The third-order valence-electron chi connectivity index (χ3n) is 2.57. The number of hydrogen-bond acceptors (Lipinski definition) is 7. The van der Waals surface area contributed by atoms with Crippen molar-refractivity contribution in [3.63, 3.8) is 0 Å². The van der Waals surface area contributed by atoms with E-state index < -0.39 is 28.5 Å². The number of aliphatic carboxylic acids is 1.